The van der Waals surface area contributed by atoms with Gasteiger partial charge in [-0.15, -0.1) is 11.8 Å². The highest BCUT2D eigenvalue weighted by molar-refractivity contribution is 8.00. The SMILES string of the molecule is O=C(NCC(c1ccccc1)N1CCOCC1)C(Sc1ccccc1)c1ccccc1. The summed E-state index contributed by atoms with van der Waals surface area (Å²) in [4.78, 5) is 16.9. The Morgan fingerprint density at radius 1 is 0.839 bits per heavy atom. The summed E-state index contributed by atoms with van der Waals surface area (Å²) in [5.74, 6) is 0.0363. The van der Waals surface area contributed by atoms with Crippen LogP contribution in [0.1, 0.15) is 22.4 Å². The van der Waals surface area contributed by atoms with Gasteiger partial charge in [-0.05, 0) is 23.3 Å². The lowest BCUT2D eigenvalue weighted by molar-refractivity contribution is -0.121. The zero-order valence-corrected chi connectivity index (χ0v) is 18.3. The predicted molar refractivity (Wildman–Crippen MR) is 126 cm³/mol. The van der Waals surface area contributed by atoms with E-state index in [9.17, 15) is 4.79 Å². The molecule has 1 amide bonds. The van der Waals surface area contributed by atoms with E-state index in [2.05, 4.69) is 34.5 Å². The van der Waals surface area contributed by atoms with Gasteiger partial charge in [0, 0.05) is 24.5 Å². The van der Waals surface area contributed by atoms with Crippen LogP contribution in [0, 0.1) is 0 Å². The molecule has 1 aliphatic heterocycles. The first kappa shape index (κ1) is 21.6. The molecule has 0 aromatic heterocycles. The second-order valence-electron chi connectivity index (χ2n) is 7.54. The molecule has 4 nitrogen and oxygen atoms in total. The first-order chi connectivity index (χ1) is 15.3. The Morgan fingerprint density at radius 3 is 2.00 bits per heavy atom. The van der Waals surface area contributed by atoms with Crippen molar-refractivity contribution in [2.24, 2.45) is 0 Å². The van der Waals surface area contributed by atoms with Gasteiger partial charge in [0.15, 0.2) is 0 Å². The van der Waals surface area contributed by atoms with Crippen molar-refractivity contribution in [3.63, 3.8) is 0 Å². The molecular formula is C26H28N2O2S. The van der Waals surface area contributed by atoms with Crippen molar-refractivity contribution in [3.8, 4) is 0 Å². The molecule has 1 fully saturated rings. The molecule has 2 unspecified atom stereocenters. The highest BCUT2D eigenvalue weighted by atomic mass is 32.2. The largest absolute Gasteiger partial charge is 0.379 e. The third-order valence-electron chi connectivity index (χ3n) is 5.48. The molecule has 160 valence electrons. The number of hydrogen-bond acceptors (Lipinski definition) is 4. The van der Waals surface area contributed by atoms with Gasteiger partial charge in [0.05, 0.1) is 19.3 Å². The van der Waals surface area contributed by atoms with Crippen molar-refractivity contribution in [2.75, 3.05) is 32.8 Å². The minimum atomic E-state index is -0.301. The number of amides is 1. The summed E-state index contributed by atoms with van der Waals surface area (Å²) in [6.07, 6.45) is 0. The normalized spacial score (nSPS) is 16.4. The van der Waals surface area contributed by atoms with E-state index in [1.807, 2.05) is 66.7 Å². The van der Waals surface area contributed by atoms with Crippen LogP contribution >= 0.6 is 11.8 Å². The van der Waals surface area contributed by atoms with Gasteiger partial charge in [0.2, 0.25) is 5.91 Å². The fourth-order valence-electron chi connectivity index (χ4n) is 3.85. The first-order valence-corrected chi connectivity index (χ1v) is 11.6. The lowest BCUT2D eigenvalue weighted by atomic mass is 10.0. The Balaban J connectivity index is 1.51. The summed E-state index contributed by atoms with van der Waals surface area (Å²) in [5.41, 5.74) is 2.23. The number of morpholine rings is 1. The van der Waals surface area contributed by atoms with Crippen LogP contribution in [-0.4, -0.2) is 43.7 Å². The monoisotopic (exact) mass is 432 g/mol. The minimum absolute atomic E-state index is 0.0363. The molecule has 0 saturated carbocycles. The smallest absolute Gasteiger partial charge is 0.238 e. The van der Waals surface area contributed by atoms with Crippen LogP contribution in [0.5, 0.6) is 0 Å². The van der Waals surface area contributed by atoms with Crippen molar-refractivity contribution in [1.29, 1.82) is 0 Å². The number of rotatable bonds is 8. The Kier molecular flexibility index (Phi) is 7.77. The maximum atomic E-state index is 13.4. The summed E-state index contributed by atoms with van der Waals surface area (Å²) in [5, 5.41) is 2.95. The first-order valence-electron chi connectivity index (χ1n) is 10.7. The second-order valence-corrected chi connectivity index (χ2v) is 8.72. The average Bonchev–Trinajstić information content (AvgIpc) is 2.85. The minimum Gasteiger partial charge on any atom is -0.379 e. The third-order valence-corrected chi connectivity index (χ3v) is 6.74. The molecule has 0 spiro atoms. The number of ether oxygens (including phenoxy) is 1. The Bertz CT molecular complexity index is 931. The van der Waals surface area contributed by atoms with E-state index in [1.165, 1.54) is 5.56 Å². The standard InChI is InChI=1S/C26H28N2O2S/c29-26(25(22-12-6-2-7-13-22)31-23-14-8-3-9-15-23)27-20-24(21-10-4-1-5-11-21)28-16-18-30-19-17-28/h1-15,24-25H,16-20H2,(H,27,29). The quantitative estimate of drug-likeness (QED) is 0.524. The van der Waals surface area contributed by atoms with E-state index in [-0.39, 0.29) is 17.2 Å². The van der Waals surface area contributed by atoms with Gasteiger partial charge in [-0.25, -0.2) is 0 Å². The fourth-order valence-corrected chi connectivity index (χ4v) is 4.92. The van der Waals surface area contributed by atoms with E-state index in [4.69, 9.17) is 4.74 Å². The maximum Gasteiger partial charge on any atom is 0.238 e. The van der Waals surface area contributed by atoms with E-state index >= 15 is 0 Å². The number of thioether (sulfide) groups is 1. The fraction of sp³-hybridized carbons (Fsp3) is 0.269. The molecule has 31 heavy (non-hydrogen) atoms. The Hall–Kier alpha value is -2.60. The molecule has 0 bridgehead atoms. The van der Waals surface area contributed by atoms with Crippen LogP contribution < -0.4 is 5.32 Å². The van der Waals surface area contributed by atoms with Crippen molar-refractivity contribution in [2.45, 2.75) is 16.2 Å². The molecular weight excluding hydrogens is 404 g/mol. The number of benzene rings is 3. The van der Waals surface area contributed by atoms with E-state index in [0.717, 1.165) is 36.8 Å². The maximum absolute atomic E-state index is 13.4. The zero-order chi connectivity index (χ0) is 21.3. The van der Waals surface area contributed by atoms with Gasteiger partial charge in [-0.2, -0.15) is 0 Å². The van der Waals surface area contributed by atoms with Gasteiger partial charge >= 0.3 is 0 Å². The van der Waals surface area contributed by atoms with Crippen LogP contribution in [0.2, 0.25) is 0 Å². The van der Waals surface area contributed by atoms with Gasteiger partial charge < -0.3 is 10.1 Å². The molecule has 1 N–H and O–H groups in total. The van der Waals surface area contributed by atoms with Crippen molar-refractivity contribution in [1.82, 2.24) is 10.2 Å². The topological polar surface area (TPSA) is 41.6 Å². The van der Waals surface area contributed by atoms with Crippen LogP contribution in [0.4, 0.5) is 0 Å². The molecule has 3 aromatic rings. The molecule has 3 aromatic carbocycles. The molecule has 1 heterocycles. The summed E-state index contributed by atoms with van der Waals surface area (Å²) in [7, 11) is 0. The Morgan fingerprint density at radius 2 is 1.39 bits per heavy atom. The summed E-state index contributed by atoms with van der Waals surface area (Å²) in [6.45, 7) is 3.77. The zero-order valence-electron chi connectivity index (χ0n) is 17.5. The van der Waals surface area contributed by atoms with E-state index < -0.39 is 0 Å². The lowest BCUT2D eigenvalue weighted by Gasteiger charge is -2.35. The molecule has 2 atom stereocenters. The summed E-state index contributed by atoms with van der Waals surface area (Å²) >= 11 is 1.59. The number of carbonyl (C=O) groups is 1. The predicted octanol–water partition coefficient (Wildman–Crippen LogP) is 4.71. The number of nitrogens with zero attached hydrogens (tertiary/aromatic N) is 1. The van der Waals surface area contributed by atoms with Crippen LogP contribution in [0.3, 0.4) is 0 Å². The summed E-state index contributed by atoms with van der Waals surface area (Å²) in [6, 6.07) is 30.7. The van der Waals surface area contributed by atoms with Gasteiger partial charge in [0.1, 0.15) is 5.25 Å². The molecule has 1 aliphatic rings. The Labute approximate surface area is 188 Å². The second kappa shape index (κ2) is 11.1. The van der Waals surface area contributed by atoms with Crippen LogP contribution in [-0.2, 0) is 9.53 Å². The number of carbonyl (C=O) groups excluding carboxylic acids is 1. The highest BCUT2D eigenvalue weighted by Gasteiger charge is 2.26. The van der Waals surface area contributed by atoms with Crippen molar-refractivity contribution in [3.05, 3.63) is 102 Å². The van der Waals surface area contributed by atoms with E-state index in [1.54, 1.807) is 11.8 Å². The third kappa shape index (κ3) is 5.97. The molecule has 0 radical (unpaired) electrons. The molecule has 5 heteroatoms. The molecule has 1 saturated heterocycles. The number of hydrogen-bond donors (Lipinski definition) is 1. The van der Waals surface area contributed by atoms with E-state index in [0.29, 0.717) is 6.54 Å². The average molecular weight is 433 g/mol. The lowest BCUT2D eigenvalue weighted by Crippen LogP contribution is -2.44. The highest BCUT2D eigenvalue weighted by Crippen LogP contribution is 2.35. The van der Waals surface area contributed by atoms with Gasteiger partial charge in [-0.3, -0.25) is 9.69 Å². The summed E-state index contributed by atoms with van der Waals surface area (Å²) < 4.78 is 5.54. The molecule has 0 aliphatic carbocycles. The van der Waals surface area contributed by atoms with Crippen LogP contribution in [0.15, 0.2) is 95.9 Å². The van der Waals surface area contributed by atoms with Crippen molar-refractivity contribution < 1.29 is 9.53 Å². The van der Waals surface area contributed by atoms with Crippen LogP contribution in [0.25, 0.3) is 0 Å². The molecule has 4 rings (SSSR count). The van der Waals surface area contributed by atoms with Gasteiger partial charge in [-0.1, -0.05) is 78.9 Å². The van der Waals surface area contributed by atoms with Gasteiger partial charge in [0.25, 0.3) is 0 Å². The number of nitrogens with one attached hydrogen (secondary N) is 1. The van der Waals surface area contributed by atoms with Crippen molar-refractivity contribution >= 4 is 17.7 Å².